The van der Waals surface area contributed by atoms with Gasteiger partial charge in [-0.25, -0.2) is 4.98 Å². The first kappa shape index (κ1) is 24.5. The van der Waals surface area contributed by atoms with Crippen molar-refractivity contribution in [3.63, 3.8) is 0 Å². The molecule has 0 fully saturated rings. The maximum Gasteiger partial charge on any atom is 0.257 e. The van der Waals surface area contributed by atoms with Crippen molar-refractivity contribution in [1.29, 1.82) is 5.26 Å². The number of nitrogens with one attached hydrogen (secondary N) is 1. The highest BCUT2D eigenvalue weighted by Crippen LogP contribution is 2.44. The van der Waals surface area contributed by atoms with E-state index in [9.17, 15) is 10.1 Å². The molecule has 4 aromatic rings. The van der Waals surface area contributed by atoms with Crippen LogP contribution in [0.1, 0.15) is 59.1 Å². The number of anilines is 1. The van der Waals surface area contributed by atoms with E-state index in [-0.39, 0.29) is 11.3 Å². The van der Waals surface area contributed by atoms with Crippen LogP contribution in [0, 0.1) is 29.6 Å². The summed E-state index contributed by atoms with van der Waals surface area (Å²) in [6.45, 7) is 8.76. The minimum Gasteiger partial charge on any atom is -0.312 e. The summed E-state index contributed by atoms with van der Waals surface area (Å²) in [4.78, 5) is 19.9. The van der Waals surface area contributed by atoms with Gasteiger partial charge in [0, 0.05) is 20.8 Å². The van der Waals surface area contributed by atoms with Gasteiger partial charge in [0.25, 0.3) is 5.91 Å². The van der Waals surface area contributed by atoms with Crippen molar-refractivity contribution in [2.24, 2.45) is 11.3 Å². The molecule has 1 aliphatic rings. The fraction of sp³-hybridized carbons (Fsp3) is 0.300. The molecule has 0 spiro atoms. The number of para-hydroxylation sites is 1. The predicted octanol–water partition coefficient (Wildman–Crippen LogP) is 8.20. The molecular formula is C30H28ClN3OS. The Labute approximate surface area is 221 Å². The van der Waals surface area contributed by atoms with Gasteiger partial charge in [-0.1, -0.05) is 62.7 Å². The third-order valence-electron chi connectivity index (χ3n) is 7.31. The number of aromatic nitrogens is 1. The molecule has 1 atom stereocenters. The normalized spacial score (nSPS) is 15.4. The van der Waals surface area contributed by atoms with E-state index in [1.807, 2.05) is 55.5 Å². The van der Waals surface area contributed by atoms with Gasteiger partial charge in [-0.3, -0.25) is 4.79 Å². The molecule has 0 saturated heterocycles. The molecule has 182 valence electrons. The molecule has 2 aromatic heterocycles. The van der Waals surface area contributed by atoms with Gasteiger partial charge in [-0.2, -0.15) is 5.26 Å². The lowest BCUT2D eigenvalue weighted by molar-refractivity contribution is 0.102. The summed E-state index contributed by atoms with van der Waals surface area (Å²) in [7, 11) is 0. The number of carbonyl (C=O) groups excluding carboxylic acids is 1. The van der Waals surface area contributed by atoms with Crippen LogP contribution in [0.15, 0.2) is 48.5 Å². The Morgan fingerprint density at radius 2 is 1.89 bits per heavy atom. The van der Waals surface area contributed by atoms with Crippen molar-refractivity contribution >= 4 is 44.7 Å². The summed E-state index contributed by atoms with van der Waals surface area (Å²) in [5.74, 6) is 0.343. The number of nitrogens with zero attached hydrogens (tertiary/aromatic N) is 2. The number of halogens is 1. The van der Waals surface area contributed by atoms with E-state index >= 15 is 0 Å². The summed E-state index contributed by atoms with van der Waals surface area (Å²) in [6.07, 6.45) is 2.89. The number of pyridine rings is 1. The minimum atomic E-state index is -0.219. The van der Waals surface area contributed by atoms with E-state index in [2.05, 4.69) is 32.2 Å². The van der Waals surface area contributed by atoms with Gasteiger partial charge in [-0.15, -0.1) is 11.3 Å². The van der Waals surface area contributed by atoms with Crippen LogP contribution in [0.5, 0.6) is 0 Å². The Bertz CT molecular complexity index is 1520. The van der Waals surface area contributed by atoms with Gasteiger partial charge in [0.2, 0.25) is 0 Å². The smallest absolute Gasteiger partial charge is 0.257 e. The monoisotopic (exact) mass is 513 g/mol. The molecule has 0 bridgehead atoms. The van der Waals surface area contributed by atoms with Gasteiger partial charge in [0.05, 0.1) is 22.3 Å². The first-order chi connectivity index (χ1) is 17.2. The first-order valence-corrected chi connectivity index (χ1v) is 13.4. The number of benzene rings is 2. The second kappa shape index (κ2) is 9.35. The highest BCUT2D eigenvalue weighted by molar-refractivity contribution is 7.16. The SMILES string of the molecule is Cc1c(-c2ccc(Cl)cc2)nc2ccccc2c1C(=O)Nc1sc2c(c1C#N)CCC(C(C)(C)C)C2. The molecule has 6 heteroatoms. The molecule has 1 unspecified atom stereocenters. The van der Waals surface area contributed by atoms with Crippen LogP contribution in [0.3, 0.4) is 0 Å². The fourth-order valence-corrected chi connectivity index (χ4v) is 6.58. The fourth-order valence-electron chi connectivity index (χ4n) is 5.19. The molecular weight excluding hydrogens is 486 g/mol. The lowest BCUT2D eigenvalue weighted by atomic mass is 9.72. The van der Waals surface area contributed by atoms with Crippen LogP contribution in [0.2, 0.25) is 5.02 Å². The molecule has 0 aliphatic heterocycles. The lowest BCUT2D eigenvalue weighted by Gasteiger charge is -2.33. The van der Waals surface area contributed by atoms with Crippen molar-refractivity contribution in [2.75, 3.05) is 5.32 Å². The molecule has 2 heterocycles. The number of amides is 1. The summed E-state index contributed by atoms with van der Waals surface area (Å²) < 4.78 is 0. The van der Waals surface area contributed by atoms with Crippen LogP contribution in [0.4, 0.5) is 5.00 Å². The highest BCUT2D eigenvalue weighted by atomic mass is 35.5. The number of carbonyl (C=O) groups is 1. The Balaban J connectivity index is 1.57. The van der Waals surface area contributed by atoms with Crippen LogP contribution in [0.25, 0.3) is 22.2 Å². The summed E-state index contributed by atoms with van der Waals surface area (Å²) in [6, 6.07) is 17.5. The maximum absolute atomic E-state index is 13.8. The third kappa shape index (κ3) is 4.40. The molecule has 4 nitrogen and oxygen atoms in total. The minimum absolute atomic E-state index is 0.211. The van der Waals surface area contributed by atoms with Crippen molar-refractivity contribution in [1.82, 2.24) is 4.98 Å². The Morgan fingerprint density at radius 3 is 2.58 bits per heavy atom. The topological polar surface area (TPSA) is 65.8 Å². The Hall–Kier alpha value is -3.20. The van der Waals surface area contributed by atoms with E-state index in [0.29, 0.717) is 27.1 Å². The number of thiophene rings is 1. The molecule has 1 amide bonds. The van der Waals surface area contributed by atoms with Crippen molar-refractivity contribution in [3.05, 3.63) is 80.7 Å². The van der Waals surface area contributed by atoms with Crippen molar-refractivity contribution in [3.8, 4) is 17.3 Å². The molecule has 36 heavy (non-hydrogen) atoms. The molecule has 5 rings (SSSR count). The van der Waals surface area contributed by atoms with Gasteiger partial charge in [-0.05, 0) is 66.8 Å². The predicted molar refractivity (Wildman–Crippen MR) is 149 cm³/mol. The Kier molecular flexibility index (Phi) is 6.36. The number of nitriles is 1. The molecule has 1 aliphatic carbocycles. The summed E-state index contributed by atoms with van der Waals surface area (Å²) >= 11 is 7.66. The third-order valence-corrected chi connectivity index (χ3v) is 8.73. The van der Waals surface area contributed by atoms with Gasteiger partial charge >= 0.3 is 0 Å². The van der Waals surface area contributed by atoms with Crippen LogP contribution in [-0.2, 0) is 12.8 Å². The largest absolute Gasteiger partial charge is 0.312 e. The number of fused-ring (bicyclic) bond motifs is 2. The highest BCUT2D eigenvalue weighted by Gasteiger charge is 2.32. The van der Waals surface area contributed by atoms with Gasteiger partial charge < -0.3 is 5.32 Å². The van der Waals surface area contributed by atoms with E-state index in [1.165, 1.54) is 4.88 Å². The molecule has 2 aromatic carbocycles. The Morgan fingerprint density at radius 1 is 1.17 bits per heavy atom. The van der Waals surface area contributed by atoms with E-state index in [0.717, 1.165) is 52.5 Å². The standard InChI is InChI=1S/C30H28ClN3OS/c1-17-26(22-7-5-6-8-24(22)33-27(17)18-9-12-20(31)13-10-18)28(35)34-29-23(16-32)21-14-11-19(30(2,3)4)15-25(21)36-29/h5-10,12-13,19H,11,14-15H2,1-4H3,(H,34,35). The number of rotatable bonds is 3. The average Bonchev–Trinajstić information content (AvgIpc) is 3.19. The van der Waals surface area contributed by atoms with Crippen molar-refractivity contribution in [2.45, 2.75) is 47.0 Å². The summed E-state index contributed by atoms with van der Waals surface area (Å²) in [5.41, 5.74) is 5.69. The zero-order valence-electron chi connectivity index (χ0n) is 20.9. The van der Waals surface area contributed by atoms with Gasteiger partial charge in [0.15, 0.2) is 0 Å². The molecule has 1 N–H and O–H groups in total. The van der Waals surface area contributed by atoms with Crippen LogP contribution in [-0.4, -0.2) is 10.9 Å². The first-order valence-electron chi connectivity index (χ1n) is 12.2. The van der Waals surface area contributed by atoms with E-state index in [4.69, 9.17) is 16.6 Å². The average molecular weight is 514 g/mol. The van der Waals surface area contributed by atoms with Gasteiger partial charge in [0.1, 0.15) is 11.1 Å². The summed E-state index contributed by atoms with van der Waals surface area (Å²) in [5, 5.41) is 15.2. The molecule has 0 radical (unpaired) electrons. The van der Waals surface area contributed by atoms with E-state index in [1.54, 1.807) is 11.3 Å². The zero-order valence-corrected chi connectivity index (χ0v) is 22.5. The number of hydrogen-bond acceptors (Lipinski definition) is 4. The number of hydrogen-bond donors (Lipinski definition) is 1. The van der Waals surface area contributed by atoms with Crippen molar-refractivity contribution < 1.29 is 4.79 Å². The van der Waals surface area contributed by atoms with Crippen LogP contribution < -0.4 is 5.32 Å². The lowest BCUT2D eigenvalue weighted by Crippen LogP contribution is -2.26. The quantitative estimate of drug-likeness (QED) is 0.300. The van der Waals surface area contributed by atoms with Crippen LogP contribution >= 0.6 is 22.9 Å². The maximum atomic E-state index is 13.8. The molecule has 0 saturated carbocycles. The second-order valence-corrected chi connectivity index (χ2v) is 12.1. The second-order valence-electron chi connectivity index (χ2n) is 10.6. The zero-order chi connectivity index (χ0) is 25.6. The van der Waals surface area contributed by atoms with E-state index < -0.39 is 0 Å².